The highest BCUT2D eigenvalue weighted by Gasteiger charge is 2.11. The quantitative estimate of drug-likeness (QED) is 0.834. The van der Waals surface area contributed by atoms with Crippen LogP contribution in [-0.2, 0) is 0 Å². The maximum atomic E-state index is 11.9. The number of hydrogen-bond donors (Lipinski definition) is 1. The molecule has 14 heavy (non-hydrogen) atoms. The molecular weight excluding hydrogens is 258 g/mol. The third-order valence-electron chi connectivity index (χ3n) is 1.44. The molecule has 3 nitrogen and oxygen atoms in total. The van der Waals surface area contributed by atoms with Crippen LogP contribution >= 0.6 is 15.9 Å². The molecule has 1 aromatic rings. The van der Waals surface area contributed by atoms with E-state index in [1.807, 2.05) is 0 Å². The molecule has 6 heteroatoms. The standard InChI is InChI=1S/C8H5BrF2N2O/c9-5-2-6(13)4(3-12)1-7(5)14-8(10)11/h1-2,8H,13H2. The van der Waals surface area contributed by atoms with Crippen LogP contribution in [-0.4, -0.2) is 6.61 Å². The SMILES string of the molecule is N#Cc1cc(OC(F)F)c(Br)cc1N. The van der Waals surface area contributed by atoms with Crippen LogP contribution in [0.25, 0.3) is 0 Å². The molecule has 0 saturated heterocycles. The summed E-state index contributed by atoms with van der Waals surface area (Å²) >= 11 is 2.99. The maximum Gasteiger partial charge on any atom is 0.387 e. The Balaban J connectivity index is 3.12. The van der Waals surface area contributed by atoms with E-state index in [-0.39, 0.29) is 21.5 Å². The molecule has 0 aromatic heterocycles. The van der Waals surface area contributed by atoms with Crippen molar-refractivity contribution in [2.45, 2.75) is 6.61 Å². The van der Waals surface area contributed by atoms with Gasteiger partial charge in [0.1, 0.15) is 11.8 Å². The van der Waals surface area contributed by atoms with Gasteiger partial charge >= 0.3 is 6.61 Å². The summed E-state index contributed by atoms with van der Waals surface area (Å²) in [5.41, 5.74) is 5.75. The fraction of sp³-hybridized carbons (Fsp3) is 0.125. The number of hydrogen-bond acceptors (Lipinski definition) is 3. The fourth-order valence-electron chi connectivity index (χ4n) is 0.852. The minimum absolute atomic E-state index is 0.101. The molecular formula is C8H5BrF2N2O. The average molecular weight is 263 g/mol. The molecule has 1 aromatic carbocycles. The van der Waals surface area contributed by atoms with Gasteiger partial charge in [0.05, 0.1) is 15.7 Å². The van der Waals surface area contributed by atoms with Gasteiger partial charge in [0.2, 0.25) is 0 Å². The number of nitriles is 1. The molecule has 0 aliphatic heterocycles. The second-order valence-corrected chi connectivity index (χ2v) is 3.21. The lowest BCUT2D eigenvalue weighted by Crippen LogP contribution is -2.03. The Morgan fingerprint density at radius 3 is 2.64 bits per heavy atom. The van der Waals surface area contributed by atoms with Crippen LogP contribution in [0.2, 0.25) is 0 Å². The Morgan fingerprint density at radius 2 is 2.14 bits per heavy atom. The van der Waals surface area contributed by atoms with E-state index in [2.05, 4.69) is 20.7 Å². The summed E-state index contributed by atoms with van der Waals surface area (Å²) in [6.07, 6.45) is 0. The second-order valence-electron chi connectivity index (χ2n) is 2.36. The van der Waals surface area contributed by atoms with Gasteiger partial charge in [-0.1, -0.05) is 0 Å². The van der Waals surface area contributed by atoms with Crippen molar-refractivity contribution in [1.29, 1.82) is 5.26 Å². The van der Waals surface area contributed by atoms with Crippen LogP contribution in [0.1, 0.15) is 5.56 Å². The van der Waals surface area contributed by atoms with Crippen LogP contribution in [0.4, 0.5) is 14.5 Å². The number of nitrogens with zero attached hydrogens (tertiary/aromatic N) is 1. The Labute approximate surface area is 87.2 Å². The largest absolute Gasteiger partial charge is 0.434 e. The zero-order valence-electron chi connectivity index (χ0n) is 6.80. The summed E-state index contributed by atoms with van der Waals surface area (Å²) in [6, 6.07) is 4.27. The van der Waals surface area contributed by atoms with Gasteiger partial charge in [-0.15, -0.1) is 0 Å². The van der Waals surface area contributed by atoms with Gasteiger partial charge in [0.15, 0.2) is 0 Å². The van der Waals surface area contributed by atoms with Gasteiger partial charge in [-0.25, -0.2) is 0 Å². The molecule has 0 unspecified atom stereocenters. The van der Waals surface area contributed by atoms with E-state index in [0.29, 0.717) is 0 Å². The minimum atomic E-state index is -2.93. The van der Waals surface area contributed by atoms with Crippen molar-refractivity contribution in [2.75, 3.05) is 5.73 Å². The van der Waals surface area contributed by atoms with Crippen molar-refractivity contribution in [3.8, 4) is 11.8 Å². The molecule has 0 radical (unpaired) electrons. The molecule has 0 saturated carbocycles. The smallest absolute Gasteiger partial charge is 0.387 e. The number of benzene rings is 1. The predicted octanol–water partition coefficient (Wildman–Crippen LogP) is 2.50. The van der Waals surface area contributed by atoms with Crippen molar-refractivity contribution >= 4 is 21.6 Å². The summed E-state index contributed by atoms with van der Waals surface area (Å²) in [7, 11) is 0. The topological polar surface area (TPSA) is 59.0 Å². The van der Waals surface area contributed by atoms with Gasteiger partial charge in [-0.2, -0.15) is 14.0 Å². The molecule has 0 aliphatic carbocycles. The van der Waals surface area contributed by atoms with E-state index in [9.17, 15) is 8.78 Å². The first kappa shape index (κ1) is 10.7. The molecule has 0 heterocycles. The Kier molecular flexibility index (Phi) is 3.25. The lowest BCUT2D eigenvalue weighted by molar-refractivity contribution is -0.0503. The van der Waals surface area contributed by atoms with Crippen molar-refractivity contribution in [2.24, 2.45) is 0 Å². The van der Waals surface area contributed by atoms with Crippen molar-refractivity contribution in [3.05, 3.63) is 22.2 Å². The number of rotatable bonds is 2. The minimum Gasteiger partial charge on any atom is -0.434 e. The van der Waals surface area contributed by atoms with Gasteiger partial charge < -0.3 is 10.5 Å². The molecule has 1 rings (SSSR count). The van der Waals surface area contributed by atoms with Gasteiger partial charge in [0.25, 0.3) is 0 Å². The molecule has 0 amide bonds. The van der Waals surface area contributed by atoms with E-state index < -0.39 is 6.61 Å². The number of alkyl halides is 2. The highest BCUT2D eigenvalue weighted by Crippen LogP contribution is 2.30. The molecule has 74 valence electrons. The average Bonchev–Trinajstić information content (AvgIpc) is 2.09. The molecule has 2 N–H and O–H groups in total. The molecule has 0 fully saturated rings. The summed E-state index contributed by atoms with van der Waals surface area (Å²) < 4.78 is 28.2. The maximum absolute atomic E-state index is 11.9. The lowest BCUT2D eigenvalue weighted by atomic mass is 10.2. The third kappa shape index (κ3) is 2.33. The highest BCUT2D eigenvalue weighted by molar-refractivity contribution is 9.10. The zero-order chi connectivity index (χ0) is 10.7. The van der Waals surface area contributed by atoms with Crippen molar-refractivity contribution in [1.82, 2.24) is 0 Å². The Bertz CT molecular complexity index is 390. The molecule has 0 spiro atoms. The third-order valence-corrected chi connectivity index (χ3v) is 2.06. The van der Waals surface area contributed by atoms with Gasteiger partial charge in [-0.3, -0.25) is 0 Å². The second kappa shape index (κ2) is 4.24. The van der Waals surface area contributed by atoms with E-state index in [1.165, 1.54) is 6.07 Å². The normalized spacial score (nSPS) is 9.93. The van der Waals surface area contributed by atoms with Crippen LogP contribution in [0.15, 0.2) is 16.6 Å². The van der Waals surface area contributed by atoms with Crippen LogP contribution in [0, 0.1) is 11.3 Å². The Hall–Kier alpha value is -1.35. The first-order chi connectivity index (χ1) is 6.54. The molecule has 0 bridgehead atoms. The summed E-state index contributed by atoms with van der Waals surface area (Å²) in [6.45, 7) is -2.93. The van der Waals surface area contributed by atoms with Crippen LogP contribution < -0.4 is 10.5 Å². The van der Waals surface area contributed by atoms with Crippen molar-refractivity contribution < 1.29 is 13.5 Å². The van der Waals surface area contributed by atoms with E-state index in [1.54, 1.807) is 6.07 Å². The summed E-state index contributed by atoms with van der Waals surface area (Å²) in [4.78, 5) is 0. The van der Waals surface area contributed by atoms with Gasteiger partial charge in [0, 0.05) is 6.07 Å². The highest BCUT2D eigenvalue weighted by atomic mass is 79.9. The van der Waals surface area contributed by atoms with Crippen LogP contribution in [0.5, 0.6) is 5.75 Å². The first-order valence-corrected chi connectivity index (χ1v) is 4.28. The number of nitrogens with two attached hydrogens (primary N) is 1. The molecule has 0 atom stereocenters. The van der Waals surface area contributed by atoms with Gasteiger partial charge in [-0.05, 0) is 22.0 Å². The van der Waals surface area contributed by atoms with Crippen LogP contribution in [0.3, 0.4) is 0 Å². The number of halogens is 3. The number of nitrogen functional groups attached to an aromatic ring is 1. The predicted molar refractivity (Wildman–Crippen MR) is 49.9 cm³/mol. The van der Waals surface area contributed by atoms with E-state index in [0.717, 1.165) is 6.07 Å². The number of ether oxygens (including phenoxy) is 1. The molecule has 0 aliphatic rings. The van der Waals surface area contributed by atoms with Crippen molar-refractivity contribution in [3.63, 3.8) is 0 Å². The lowest BCUT2D eigenvalue weighted by Gasteiger charge is -2.08. The van der Waals surface area contributed by atoms with E-state index in [4.69, 9.17) is 11.0 Å². The number of anilines is 1. The zero-order valence-corrected chi connectivity index (χ0v) is 8.38. The Morgan fingerprint density at radius 1 is 1.50 bits per heavy atom. The first-order valence-electron chi connectivity index (χ1n) is 3.48. The monoisotopic (exact) mass is 262 g/mol. The summed E-state index contributed by atoms with van der Waals surface area (Å²) in [5, 5.41) is 8.58. The summed E-state index contributed by atoms with van der Waals surface area (Å²) in [5.74, 6) is -0.106. The van der Waals surface area contributed by atoms with E-state index >= 15 is 0 Å². The fourth-order valence-corrected chi connectivity index (χ4v) is 1.31.